The van der Waals surface area contributed by atoms with Gasteiger partial charge in [0.15, 0.2) is 11.9 Å². The number of hydrogen-bond donors (Lipinski definition) is 0. The lowest BCUT2D eigenvalue weighted by molar-refractivity contribution is -0.132. The Kier molecular flexibility index (Phi) is 4.73. The molecule has 4 nitrogen and oxygen atoms in total. The summed E-state index contributed by atoms with van der Waals surface area (Å²) in [4.78, 5) is 36.9. The summed E-state index contributed by atoms with van der Waals surface area (Å²) in [5.41, 5.74) is 1.65. The molecule has 0 bridgehead atoms. The van der Waals surface area contributed by atoms with Gasteiger partial charge in [0.05, 0.1) is 10.0 Å². The number of carbonyl (C=O) groups is 3. The van der Waals surface area contributed by atoms with E-state index in [1.807, 2.05) is 6.92 Å². The number of carbonyl (C=O) groups excluding carboxylic acids is 3. The Morgan fingerprint density at radius 3 is 2.27 bits per heavy atom. The largest absolute Gasteiger partial charge is 0.448 e. The molecule has 0 aliphatic heterocycles. The fraction of sp³-hybridized carbons (Fsp3) is 0.312. The van der Waals surface area contributed by atoms with Crippen LogP contribution in [0.2, 0.25) is 0 Å². The number of halogens is 2. The highest BCUT2D eigenvalue weighted by molar-refractivity contribution is 9.12. The van der Waals surface area contributed by atoms with Crippen molar-refractivity contribution < 1.29 is 19.1 Å². The van der Waals surface area contributed by atoms with Crippen molar-refractivity contribution in [2.45, 2.75) is 31.2 Å². The van der Waals surface area contributed by atoms with Crippen molar-refractivity contribution in [1.29, 1.82) is 0 Å². The number of ketones is 2. The Labute approximate surface area is 145 Å². The number of benzene rings is 1. The lowest BCUT2D eigenvalue weighted by Gasteiger charge is -2.33. The number of rotatable bonds is 2. The second-order valence-corrected chi connectivity index (χ2v) is 7.80. The van der Waals surface area contributed by atoms with Crippen LogP contribution < -0.4 is 0 Å². The third kappa shape index (κ3) is 2.94. The quantitative estimate of drug-likeness (QED) is 0.533. The molecular formula is C16H14Br2O4. The van der Waals surface area contributed by atoms with E-state index in [0.29, 0.717) is 11.1 Å². The maximum absolute atomic E-state index is 12.4. The second kappa shape index (κ2) is 6.08. The summed E-state index contributed by atoms with van der Waals surface area (Å²) >= 11 is 6.35. The minimum absolute atomic E-state index is 0.149. The van der Waals surface area contributed by atoms with Crippen molar-refractivity contribution in [1.82, 2.24) is 0 Å². The molecular weight excluding hydrogens is 416 g/mol. The summed E-state index contributed by atoms with van der Waals surface area (Å²) in [6, 6.07) is 6.79. The fourth-order valence-electron chi connectivity index (χ4n) is 2.16. The van der Waals surface area contributed by atoms with Gasteiger partial charge in [-0.25, -0.2) is 4.79 Å². The van der Waals surface area contributed by atoms with Crippen LogP contribution in [0.25, 0.3) is 0 Å². The summed E-state index contributed by atoms with van der Waals surface area (Å²) in [5, 5.41) is 0. The van der Waals surface area contributed by atoms with Crippen molar-refractivity contribution in [3.05, 3.63) is 45.4 Å². The normalized spacial score (nSPS) is 25.4. The molecule has 0 amide bonds. The maximum Gasteiger partial charge on any atom is 0.338 e. The predicted octanol–water partition coefficient (Wildman–Crippen LogP) is 3.49. The molecule has 0 saturated carbocycles. The van der Waals surface area contributed by atoms with Gasteiger partial charge < -0.3 is 4.74 Å². The summed E-state index contributed by atoms with van der Waals surface area (Å²) in [7, 11) is 0. The van der Waals surface area contributed by atoms with Crippen LogP contribution in [0.4, 0.5) is 0 Å². The Morgan fingerprint density at radius 2 is 1.73 bits per heavy atom. The zero-order valence-corrected chi connectivity index (χ0v) is 15.4. The van der Waals surface area contributed by atoms with Gasteiger partial charge in [0.2, 0.25) is 5.78 Å². The number of allylic oxidation sites excluding steroid dienone is 1. The van der Waals surface area contributed by atoms with Gasteiger partial charge in [-0.1, -0.05) is 33.6 Å². The monoisotopic (exact) mass is 428 g/mol. The highest BCUT2D eigenvalue weighted by atomic mass is 79.9. The van der Waals surface area contributed by atoms with Crippen LogP contribution in [0.5, 0.6) is 0 Å². The first-order valence-corrected chi connectivity index (χ1v) is 8.16. The van der Waals surface area contributed by atoms with Gasteiger partial charge in [0.1, 0.15) is 4.32 Å². The average Bonchev–Trinajstić information content (AvgIpc) is 2.48. The molecule has 116 valence electrons. The number of ether oxygens (including phenoxy) is 1. The Balaban J connectivity index is 2.32. The molecule has 1 aromatic carbocycles. The molecule has 0 radical (unpaired) electrons. The molecule has 2 unspecified atom stereocenters. The van der Waals surface area contributed by atoms with E-state index in [4.69, 9.17) is 4.74 Å². The zero-order valence-electron chi connectivity index (χ0n) is 12.3. The van der Waals surface area contributed by atoms with E-state index < -0.39 is 22.2 Å². The van der Waals surface area contributed by atoms with Crippen LogP contribution >= 0.6 is 31.9 Å². The van der Waals surface area contributed by atoms with E-state index >= 15 is 0 Å². The van der Waals surface area contributed by atoms with E-state index in [0.717, 1.165) is 5.56 Å². The SMILES string of the molecule is CC1=C(Br)C(=O)C(OC(=O)c2ccc(C)cc2)C(C)(Br)C1=O. The van der Waals surface area contributed by atoms with Gasteiger partial charge in [-0.2, -0.15) is 0 Å². The summed E-state index contributed by atoms with van der Waals surface area (Å²) in [6.07, 6.45) is -1.22. The van der Waals surface area contributed by atoms with E-state index in [1.54, 1.807) is 31.2 Å². The standard InChI is InChI=1S/C16H14Br2O4/c1-8-4-6-10(7-5-8)15(21)22-14-12(19)11(17)9(2)13(20)16(14,3)18/h4-7,14H,1-3H3. The Morgan fingerprint density at radius 1 is 1.18 bits per heavy atom. The van der Waals surface area contributed by atoms with Crippen LogP contribution in [-0.4, -0.2) is 28.0 Å². The van der Waals surface area contributed by atoms with Gasteiger partial charge in [0, 0.05) is 5.57 Å². The highest BCUT2D eigenvalue weighted by Gasteiger charge is 2.51. The van der Waals surface area contributed by atoms with E-state index in [2.05, 4.69) is 31.9 Å². The van der Waals surface area contributed by atoms with Crippen molar-refractivity contribution in [3.8, 4) is 0 Å². The average molecular weight is 430 g/mol. The smallest absolute Gasteiger partial charge is 0.338 e. The molecule has 0 fully saturated rings. The van der Waals surface area contributed by atoms with Gasteiger partial charge in [-0.3, -0.25) is 9.59 Å². The summed E-state index contributed by atoms with van der Waals surface area (Å²) in [5.74, 6) is -1.37. The van der Waals surface area contributed by atoms with Crippen molar-refractivity contribution in [2.75, 3.05) is 0 Å². The third-order valence-electron chi connectivity index (χ3n) is 3.57. The van der Waals surface area contributed by atoms with Crippen molar-refractivity contribution >= 4 is 49.4 Å². The first kappa shape index (κ1) is 17.1. The molecule has 1 aliphatic carbocycles. The number of esters is 1. The predicted molar refractivity (Wildman–Crippen MR) is 89.4 cm³/mol. The lowest BCUT2D eigenvalue weighted by atomic mass is 9.86. The van der Waals surface area contributed by atoms with Gasteiger partial charge in [0.25, 0.3) is 0 Å². The molecule has 1 aliphatic rings. The van der Waals surface area contributed by atoms with Crippen molar-refractivity contribution in [2.24, 2.45) is 0 Å². The lowest BCUT2D eigenvalue weighted by Crippen LogP contribution is -2.52. The van der Waals surface area contributed by atoms with Crippen LogP contribution in [-0.2, 0) is 14.3 Å². The van der Waals surface area contributed by atoms with E-state index in [-0.39, 0.29) is 10.3 Å². The fourth-order valence-corrected chi connectivity index (χ4v) is 3.15. The zero-order chi connectivity index (χ0) is 16.7. The van der Waals surface area contributed by atoms with E-state index in [9.17, 15) is 14.4 Å². The maximum atomic E-state index is 12.4. The number of hydrogen-bond acceptors (Lipinski definition) is 4. The molecule has 1 aromatic rings. The molecule has 0 aromatic heterocycles. The van der Waals surface area contributed by atoms with Crippen molar-refractivity contribution in [3.63, 3.8) is 0 Å². The van der Waals surface area contributed by atoms with E-state index in [1.165, 1.54) is 6.92 Å². The van der Waals surface area contributed by atoms with Crippen LogP contribution in [0, 0.1) is 6.92 Å². The summed E-state index contributed by atoms with van der Waals surface area (Å²) in [6.45, 7) is 4.99. The Hall–Kier alpha value is -1.27. The molecule has 0 spiro atoms. The summed E-state index contributed by atoms with van der Waals surface area (Å²) < 4.78 is 4.19. The van der Waals surface area contributed by atoms with Crippen LogP contribution in [0.1, 0.15) is 29.8 Å². The molecule has 22 heavy (non-hydrogen) atoms. The first-order valence-electron chi connectivity index (χ1n) is 6.58. The molecule has 2 rings (SSSR count). The molecule has 0 heterocycles. The number of alkyl halides is 1. The topological polar surface area (TPSA) is 60.4 Å². The minimum atomic E-state index is -1.27. The molecule has 0 saturated heterocycles. The third-order valence-corrected chi connectivity index (χ3v) is 5.33. The number of aryl methyl sites for hydroxylation is 1. The van der Waals surface area contributed by atoms with Gasteiger partial charge in [-0.15, -0.1) is 0 Å². The first-order chi connectivity index (χ1) is 10.2. The van der Waals surface area contributed by atoms with Crippen LogP contribution in [0.15, 0.2) is 34.3 Å². The van der Waals surface area contributed by atoms with Gasteiger partial charge >= 0.3 is 5.97 Å². The molecule has 2 atom stereocenters. The molecule has 0 N–H and O–H groups in total. The Bertz CT molecular complexity index is 687. The number of Topliss-reactive ketones (excluding diaryl/α,β-unsaturated/α-hetero) is 2. The minimum Gasteiger partial charge on any atom is -0.448 e. The molecule has 6 heteroatoms. The van der Waals surface area contributed by atoms with Crippen LogP contribution in [0.3, 0.4) is 0 Å². The second-order valence-electron chi connectivity index (χ2n) is 5.36. The highest BCUT2D eigenvalue weighted by Crippen LogP contribution is 2.38. The van der Waals surface area contributed by atoms with Gasteiger partial charge in [-0.05, 0) is 48.8 Å².